The SMILES string of the molecule is COC(=O)CNc1cc(Nc2ccccc2Br)ncn1. The quantitative estimate of drug-likeness (QED) is 0.817. The molecular weight excluding hydrogens is 324 g/mol. The number of halogens is 1. The summed E-state index contributed by atoms with van der Waals surface area (Å²) in [5, 5.41) is 6.02. The van der Waals surface area contributed by atoms with Crippen molar-refractivity contribution in [1.29, 1.82) is 0 Å². The maximum absolute atomic E-state index is 11.1. The largest absolute Gasteiger partial charge is 0.468 e. The summed E-state index contributed by atoms with van der Waals surface area (Å²) in [6, 6.07) is 9.42. The van der Waals surface area contributed by atoms with Gasteiger partial charge in [0.05, 0.1) is 12.8 Å². The Morgan fingerprint density at radius 3 is 2.80 bits per heavy atom. The summed E-state index contributed by atoms with van der Waals surface area (Å²) in [6.07, 6.45) is 1.42. The summed E-state index contributed by atoms with van der Waals surface area (Å²) >= 11 is 3.45. The molecule has 0 saturated heterocycles. The average molecular weight is 337 g/mol. The van der Waals surface area contributed by atoms with Crippen molar-refractivity contribution in [2.45, 2.75) is 0 Å². The van der Waals surface area contributed by atoms with Crippen LogP contribution in [0.5, 0.6) is 0 Å². The lowest BCUT2D eigenvalue weighted by Crippen LogP contribution is -2.15. The summed E-state index contributed by atoms with van der Waals surface area (Å²) < 4.78 is 5.48. The van der Waals surface area contributed by atoms with Gasteiger partial charge < -0.3 is 15.4 Å². The molecule has 0 atom stereocenters. The summed E-state index contributed by atoms with van der Waals surface area (Å²) in [5.41, 5.74) is 0.894. The van der Waals surface area contributed by atoms with Gasteiger partial charge in [0.1, 0.15) is 24.5 Å². The van der Waals surface area contributed by atoms with E-state index >= 15 is 0 Å². The molecule has 2 N–H and O–H groups in total. The first-order chi connectivity index (χ1) is 9.69. The number of nitrogens with one attached hydrogen (secondary N) is 2. The average Bonchev–Trinajstić information content (AvgIpc) is 2.47. The summed E-state index contributed by atoms with van der Waals surface area (Å²) in [7, 11) is 1.34. The van der Waals surface area contributed by atoms with E-state index in [0.29, 0.717) is 11.6 Å². The fraction of sp³-hybridized carbons (Fsp3) is 0.154. The molecule has 0 aliphatic carbocycles. The number of aromatic nitrogens is 2. The van der Waals surface area contributed by atoms with Crippen LogP contribution in [-0.4, -0.2) is 29.6 Å². The molecule has 20 heavy (non-hydrogen) atoms. The number of carbonyl (C=O) groups excluding carboxylic acids is 1. The minimum atomic E-state index is -0.357. The molecule has 0 bridgehead atoms. The molecule has 0 saturated carbocycles. The second-order valence-corrected chi connectivity index (χ2v) is 4.68. The summed E-state index contributed by atoms with van der Waals surface area (Å²) in [6.45, 7) is 0.0575. The third-order valence-electron chi connectivity index (χ3n) is 2.45. The fourth-order valence-corrected chi connectivity index (χ4v) is 1.84. The van der Waals surface area contributed by atoms with E-state index in [0.717, 1.165) is 10.2 Å². The minimum Gasteiger partial charge on any atom is -0.468 e. The van der Waals surface area contributed by atoms with E-state index in [1.807, 2.05) is 24.3 Å². The fourth-order valence-electron chi connectivity index (χ4n) is 1.46. The topological polar surface area (TPSA) is 76.1 Å². The monoisotopic (exact) mass is 336 g/mol. The number of carbonyl (C=O) groups is 1. The van der Waals surface area contributed by atoms with E-state index in [4.69, 9.17) is 0 Å². The third-order valence-corrected chi connectivity index (χ3v) is 3.14. The van der Waals surface area contributed by atoms with Crippen LogP contribution >= 0.6 is 15.9 Å². The van der Waals surface area contributed by atoms with E-state index in [2.05, 4.69) is 41.3 Å². The van der Waals surface area contributed by atoms with Gasteiger partial charge in [-0.2, -0.15) is 0 Å². The van der Waals surface area contributed by atoms with Crippen LogP contribution in [0.15, 0.2) is 41.1 Å². The molecule has 7 heteroatoms. The van der Waals surface area contributed by atoms with Crippen LogP contribution in [-0.2, 0) is 9.53 Å². The molecule has 0 spiro atoms. The van der Waals surface area contributed by atoms with Gasteiger partial charge in [-0.25, -0.2) is 9.97 Å². The zero-order valence-electron chi connectivity index (χ0n) is 10.8. The van der Waals surface area contributed by atoms with E-state index in [1.54, 1.807) is 6.07 Å². The number of para-hydroxylation sites is 1. The Morgan fingerprint density at radius 1 is 1.30 bits per heavy atom. The first kappa shape index (κ1) is 14.3. The smallest absolute Gasteiger partial charge is 0.325 e. The van der Waals surface area contributed by atoms with Crippen molar-refractivity contribution in [3.05, 3.63) is 41.1 Å². The molecule has 2 rings (SSSR count). The molecular formula is C13H13BrN4O2. The van der Waals surface area contributed by atoms with E-state index in [9.17, 15) is 4.79 Å². The number of ether oxygens (including phenoxy) is 1. The number of methoxy groups -OCH3 is 1. The summed E-state index contributed by atoms with van der Waals surface area (Å²) in [5.74, 6) is 0.808. The minimum absolute atomic E-state index is 0.0575. The van der Waals surface area contributed by atoms with Crippen LogP contribution in [0, 0.1) is 0 Å². The van der Waals surface area contributed by atoms with E-state index in [-0.39, 0.29) is 12.5 Å². The number of nitrogens with zero attached hydrogens (tertiary/aromatic N) is 2. The maximum atomic E-state index is 11.1. The van der Waals surface area contributed by atoms with Gasteiger partial charge in [-0.05, 0) is 28.1 Å². The normalized spacial score (nSPS) is 9.90. The van der Waals surface area contributed by atoms with Crippen LogP contribution < -0.4 is 10.6 Å². The number of esters is 1. The Hall–Kier alpha value is -2.15. The van der Waals surface area contributed by atoms with Gasteiger partial charge in [0.2, 0.25) is 0 Å². The Labute approximate surface area is 124 Å². The van der Waals surface area contributed by atoms with Crippen molar-refractivity contribution < 1.29 is 9.53 Å². The highest BCUT2D eigenvalue weighted by Crippen LogP contribution is 2.24. The Kier molecular flexibility index (Phi) is 4.89. The summed E-state index contributed by atoms with van der Waals surface area (Å²) in [4.78, 5) is 19.2. The number of anilines is 3. The van der Waals surface area contributed by atoms with Crippen molar-refractivity contribution in [2.75, 3.05) is 24.3 Å². The molecule has 0 radical (unpaired) electrons. The number of rotatable bonds is 5. The molecule has 0 aliphatic heterocycles. The number of hydrogen-bond acceptors (Lipinski definition) is 6. The molecule has 0 amide bonds. The Morgan fingerprint density at radius 2 is 2.05 bits per heavy atom. The highest BCUT2D eigenvalue weighted by atomic mass is 79.9. The highest BCUT2D eigenvalue weighted by Gasteiger charge is 2.04. The lowest BCUT2D eigenvalue weighted by Gasteiger charge is -2.09. The second-order valence-electron chi connectivity index (χ2n) is 3.82. The van der Waals surface area contributed by atoms with E-state index < -0.39 is 0 Å². The van der Waals surface area contributed by atoms with Crippen molar-refractivity contribution in [3.8, 4) is 0 Å². The van der Waals surface area contributed by atoms with Crippen molar-refractivity contribution >= 4 is 39.2 Å². The van der Waals surface area contributed by atoms with Gasteiger partial charge in [-0.3, -0.25) is 4.79 Å². The van der Waals surface area contributed by atoms with Crippen LogP contribution in [0.25, 0.3) is 0 Å². The van der Waals surface area contributed by atoms with Crippen LogP contribution in [0.3, 0.4) is 0 Å². The van der Waals surface area contributed by atoms with Gasteiger partial charge in [0.25, 0.3) is 0 Å². The predicted molar refractivity (Wildman–Crippen MR) is 80.0 cm³/mol. The molecule has 6 nitrogen and oxygen atoms in total. The maximum Gasteiger partial charge on any atom is 0.325 e. The van der Waals surface area contributed by atoms with Crippen molar-refractivity contribution in [1.82, 2.24) is 9.97 Å². The first-order valence-electron chi connectivity index (χ1n) is 5.83. The van der Waals surface area contributed by atoms with E-state index in [1.165, 1.54) is 13.4 Å². The van der Waals surface area contributed by atoms with Gasteiger partial charge in [0, 0.05) is 10.5 Å². The molecule has 1 aromatic carbocycles. The molecule has 0 unspecified atom stereocenters. The number of hydrogen-bond donors (Lipinski definition) is 2. The second kappa shape index (κ2) is 6.85. The molecule has 0 aliphatic rings. The zero-order chi connectivity index (χ0) is 14.4. The van der Waals surface area contributed by atoms with Gasteiger partial charge >= 0.3 is 5.97 Å². The molecule has 104 valence electrons. The predicted octanol–water partition coefficient (Wildman–Crippen LogP) is 2.57. The molecule has 2 aromatic rings. The lowest BCUT2D eigenvalue weighted by atomic mass is 10.3. The molecule has 1 heterocycles. The molecule has 1 aromatic heterocycles. The first-order valence-corrected chi connectivity index (χ1v) is 6.62. The third kappa shape index (κ3) is 3.92. The van der Waals surface area contributed by atoms with Crippen LogP contribution in [0.2, 0.25) is 0 Å². The number of benzene rings is 1. The molecule has 0 fully saturated rings. The Balaban J connectivity index is 2.06. The van der Waals surface area contributed by atoms with Gasteiger partial charge in [-0.15, -0.1) is 0 Å². The van der Waals surface area contributed by atoms with Crippen molar-refractivity contribution in [2.24, 2.45) is 0 Å². The Bertz CT molecular complexity index is 606. The van der Waals surface area contributed by atoms with Gasteiger partial charge in [0.15, 0.2) is 0 Å². The highest BCUT2D eigenvalue weighted by molar-refractivity contribution is 9.10. The van der Waals surface area contributed by atoms with Crippen molar-refractivity contribution in [3.63, 3.8) is 0 Å². The standard InChI is InChI=1S/C13H13BrN4O2/c1-20-13(19)7-15-11-6-12(17-8-16-11)18-10-5-3-2-4-9(10)14/h2-6,8H,7H2,1H3,(H2,15,16,17,18). The zero-order valence-corrected chi connectivity index (χ0v) is 12.3. The van der Waals surface area contributed by atoms with Gasteiger partial charge in [-0.1, -0.05) is 12.1 Å². The lowest BCUT2D eigenvalue weighted by molar-refractivity contribution is -0.138. The van der Waals surface area contributed by atoms with Crippen LogP contribution in [0.4, 0.5) is 17.3 Å². The van der Waals surface area contributed by atoms with Crippen LogP contribution in [0.1, 0.15) is 0 Å².